The lowest BCUT2D eigenvalue weighted by molar-refractivity contribution is 0.177. The van der Waals surface area contributed by atoms with E-state index in [0.29, 0.717) is 11.8 Å². The molecule has 0 unspecified atom stereocenters. The van der Waals surface area contributed by atoms with E-state index in [0.717, 1.165) is 44.3 Å². The van der Waals surface area contributed by atoms with Gasteiger partial charge in [0.2, 0.25) is 5.89 Å². The fourth-order valence-corrected chi connectivity index (χ4v) is 4.36. The molecule has 0 radical (unpaired) electrons. The van der Waals surface area contributed by atoms with Crippen molar-refractivity contribution in [2.24, 2.45) is 0 Å². The fraction of sp³-hybridized carbons (Fsp3) is 0.737. The smallest absolute Gasteiger partial charge is 0.208 e. The SMILES string of the molecule is c1nc(CN2CCC[C@@H](c3nnc4n3CCCCC4)C2)oc1C1CC1. The molecular weight excluding hydrogens is 314 g/mol. The first-order chi connectivity index (χ1) is 12.4. The molecule has 6 nitrogen and oxygen atoms in total. The summed E-state index contributed by atoms with van der Waals surface area (Å²) in [6.45, 7) is 4.08. The zero-order valence-electron chi connectivity index (χ0n) is 14.9. The number of nitrogens with zero attached hydrogens (tertiary/aromatic N) is 5. The highest BCUT2D eigenvalue weighted by Gasteiger charge is 2.30. The van der Waals surface area contributed by atoms with Gasteiger partial charge in [-0.15, -0.1) is 10.2 Å². The van der Waals surface area contributed by atoms with Crippen LogP contribution in [0, 0.1) is 0 Å². The molecule has 1 saturated heterocycles. The molecule has 2 fully saturated rings. The maximum atomic E-state index is 5.96. The van der Waals surface area contributed by atoms with Gasteiger partial charge < -0.3 is 8.98 Å². The maximum Gasteiger partial charge on any atom is 0.208 e. The summed E-state index contributed by atoms with van der Waals surface area (Å²) in [6, 6.07) is 0. The molecule has 4 heterocycles. The molecular formula is C19H27N5O. The molecule has 1 saturated carbocycles. The van der Waals surface area contributed by atoms with Crippen molar-refractivity contribution >= 4 is 0 Å². The summed E-state index contributed by atoms with van der Waals surface area (Å²) in [5.74, 6) is 5.51. The number of hydrogen-bond acceptors (Lipinski definition) is 5. The summed E-state index contributed by atoms with van der Waals surface area (Å²) in [4.78, 5) is 6.98. The highest BCUT2D eigenvalue weighted by Crippen LogP contribution is 2.40. The minimum absolute atomic E-state index is 0.492. The van der Waals surface area contributed by atoms with Crippen molar-refractivity contribution in [2.45, 2.75) is 76.3 Å². The molecule has 1 aliphatic carbocycles. The summed E-state index contributed by atoms with van der Waals surface area (Å²) in [7, 11) is 0. The Kier molecular flexibility index (Phi) is 4.08. The first kappa shape index (κ1) is 15.6. The first-order valence-corrected chi connectivity index (χ1v) is 9.96. The van der Waals surface area contributed by atoms with Crippen LogP contribution in [-0.4, -0.2) is 37.7 Å². The molecule has 0 amide bonds. The van der Waals surface area contributed by atoms with Crippen molar-refractivity contribution in [1.29, 1.82) is 0 Å². The van der Waals surface area contributed by atoms with Gasteiger partial charge in [-0.2, -0.15) is 0 Å². The molecule has 0 bridgehead atoms. The number of fused-ring (bicyclic) bond motifs is 1. The number of aryl methyl sites for hydroxylation is 1. The fourth-order valence-electron chi connectivity index (χ4n) is 4.36. The molecule has 2 aliphatic heterocycles. The Morgan fingerprint density at radius 3 is 2.88 bits per heavy atom. The van der Waals surface area contributed by atoms with Crippen LogP contribution >= 0.6 is 0 Å². The Bertz CT molecular complexity index is 732. The minimum atomic E-state index is 0.492. The van der Waals surface area contributed by atoms with Crippen LogP contribution in [0.2, 0.25) is 0 Å². The Labute approximate surface area is 148 Å². The molecule has 1 atom stereocenters. The monoisotopic (exact) mass is 341 g/mol. The van der Waals surface area contributed by atoms with Crippen molar-refractivity contribution in [3.63, 3.8) is 0 Å². The van der Waals surface area contributed by atoms with Crippen LogP contribution in [-0.2, 0) is 19.5 Å². The number of piperidine rings is 1. The summed E-state index contributed by atoms with van der Waals surface area (Å²) in [5, 5.41) is 9.08. The van der Waals surface area contributed by atoms with E-state index >= 15 is 0 Å². The predicted octanol–water partition coefficient (Wildman–Crippen LogP) is 3.25. The van der Waals surface area contributed by atoms with Crippen LogP contribution < -0.4 is 0 Å². The molecule has 0 N–H and O–H groups in total. The van der Waals surface area contributed by atoms with Gasteiger partial charge in [-0.3, -0.25) is 4.90 Å². The van der Waals surface area contributed by atoms with E-state index in [4.69, 9.17) is 4.42 Å². The largest absolute Gasteiger partial charge is 0.444 e. The van der Waals surface area contributed by atoms with Gasteiger partial charge in [0.25, 0.3) is 0 Å². The second kappa shape index (κ2) is 6.56. The predicted molar refractivity (Wildman–Crippen MR) is 93.3 cm³/mol. The Balaban J connectivity index is 1.28. The van der Waals surface area contributed by atoms with Gasteiger partial charge in [-0.05, 0) is 45.1 Å². The molecule has 5 rings (SSSR count). The van der Waals surface area contributed by atoms with Crippen molar-refractivity contribution in [3.8, 4) is 0 Å². The topological polar surface area (TPSA) is 60.0 Å². The maximum absolute atomic E-state index is 5.96. The van der Waals surface area contributed by atoms with Crippen molar-refractivity contribution in [3.05, 3.63) is 29.5 Å². The minimum Gasteiger partial charge on any atom is -0.444 e. The second-order valence-corrected chi connectivity index (χ2v) is 7.94. The molecule has 0 spiro atoms. The van der Waals surface area contributed by atoms with Crippen molar-refractivity contribution < 1.29 is 4.42 Å². The van der Waals surface area contributed by atoms with E-state index in [1.54, 1.807) is 0 Å². The third-order valence-electron chi connectivity index (χ3n) is 5.92. The summed E-state index contributed by atoms with van der Waals surface area (Å²) >= 11 is 0. The van der Waals surface area contributed by atoms with Crippen LogP contribution in [0.3, 0.4) is 0 Å². The molecule has 25 heavy (non-hydrogen) atoms. The van der Waals surface area contributed by atoms with Gasteiger partial charge >= 0.3 is 0 Å². The lowest BCUT2D eigenvalue weighted by atomic mass is 9.97. The third kappa shape index (κ3) is 3.24. The number of rotatable bonds is 4. The van der Waals surface area contributed by atoms with Crippen LogP contribution in [0.25, 0.3) is 0 Å². The van der Waals surface area contributed by atoms with Gasteiger partial charge in [0.15, 0.2) is 0 Å². The molecule has 134 valence electrons. The number of oxazole rings is 1. The molecule has 6 heteroatoms. The quantitative estimate of drug-likeness (QED) is 0.854. The summed E-state index contributed by atoms with van der Waals surface area (Å²) < 4.78 is 8.37. The van der Waals surface area contributed by atoms with E-state index in [-0.39, 0.29) is 0 Å². The molecule has 0 aromatic carbocycles. The van der Waals surface area contributed by atoms with E-state index < -0.39 is 0 Å². The second-order valence-electron chi connectivity index (χ2n) is 7.94. The summed E-state index contributed by atoms with van der Waals surface area (Å²) in [6.07, 6.45) is 11.8. The van der Waals surface area contributed by atoms with Crippen molar-refractivity contribution in [1.82, 2.24) is 24.6 Å². The standard InChI is InChI=1S/C19H27N5O/c1-2-6-17-21-22-19(24(17)10-3-1)15-5-4-9-23(12-15)13-18-20-11-16(25-18)14-7-8-14/h11,14-15H,1-10,12-13H2/t15-/m1/s1. The number of aromatic nitrogens is 4. The van der Waals surface area contributed by atoms with Crippen LogP contribution in [0.1, 0.15) is 80.1 Å². The lowest BCUT2D eigenvalue weighted by Gasteiger charge is -2.31. The van der Waals surface area contributed by atoms with Gasteiger partial charge in [0.05, 0.1) is 12.7 Å². The number of likely N-dealkylation sites (tertiary alicyclic amines) is 1. The molecule has 2 aromatic heterocycles. The van der Waals surface area contributed by atoms with E-state index in [9.17, 15) is 0 Å². The van der Waals surface area contributed by atoms with Crippen molar-refractivity contribution in [2.75, 3.05) is 13.1 Å². The van der Waals surface area contributed by atoms with Gasteiger partial charge in [0.1, 0.15) is 17.4 Å². The van der Waals surface area contributed by atoms with E-state index in [1.165, 1.54) is 56.6 Å². The van der Waals surface area contributed by atoms with Gasteiger partial charge in [-0.25, -0.2) is 4.98 Å². The van der Waals surface area contributed by atoms with Crippen LogP contribution in [0.4, 0.5) is 0 Å². The molecule has 3 aliphatic rings. The third-order valence-corrected chi connectivity index (χ3v) is 5.92. The Hall–Kier alpha value is -1.69. The van der Waals surface area contributed by atoms with Gasteiger partial charge in [0, 0.05) is 31.3 Å². The normalized spacial score (nSPS) is 24.9. The van der Waals surface area contributed by atoms with E-state index in [1.807, 2.05) is 6.20 Å². The Morgan fingerprint density at radius 2 is 1.96 bits per heavy atom. The van der Waals surface area contributed by atoms with Gasteiger partial charge in [-0.1, -0.05) is 6.42 Å². The highest BCUT2D eigenvalue weighted by molar-refractivity contribution is 5.09. The zero-order chi connectivity index (χ0) is 16.6. The Morgan fingerprint density at radius 1 is 1.00 bits per heavy atom. The van der Waals surface area contributed by atoms with E-state index in [2.05, 4.69) is 24.6 Å². The summed E-state index contributed by atoms with van der Waals surface area (Å²) in [5.41, 5.74) is 0. The highest BCUT2D eigenvalue weighted by atomic mass is 16.4. The van der Waals surface area contributed by atoms with Crippen LogP contribution in [0.15, 0.2) is 10.6 Å². The lowest BCUT2D eigenvalue weighted by Crippen LogP contribution is -2.35. The zero-order valence-corrected chi connectivity index (χ0v) is 14.9. The average molecular weight is 341 g/mol. The average Bonchev–Trinajstić information content (AvgIpc) is 3.32. The van der Waals surface area contributed by atoms with Crippen LogP contribution in [0.5, 0.6) is 0 Å². The first-order valence-electron chi connectivity index (χ1n) is 9.96. The number of hydrogen-bond donors (Lipinski definition) is 0. The molecule has 2 aromatic rings.